The predicted molar refractivity (Wildman–Crippen MR) is 222 cm³/mol. The van der Waals surface area contributed by atoms with E-state index < -0.39 is 0 Å². The number of furan rings is 2. The number of hydrogen-bond donors (Lipinski definition) is 0. The van der Waals surface area contributed by atoms with Crippen LogP contribution in [0.4, 0.5) is 17.1 Å². The first-order valence-corrected chi connectivity index (χ1v) is 18.0. The molecule has 2 heterocycles. The number of nitrogens with zero attached hydrogens (tertiary/aromatic N) is 1. The molecule has 53 heavy (non-hydrogen) atoms. The van der Waals surface area contributed by atoms with Gasteiger partial charge in [0.25, 0.3) is 0 Å². The zero-order chi connectivity index (χ0) is 34.9. The van der Waals surface area contributed by atoms with Crippen LogP contribution in [0.2, 0.25) is 0 Å². The van der Waals surface area contributed by atoms with Gasteiger partial charge in [0.05, 0.1) is 22.1 Å². The molecule has 0 saturated carbocycles. The molecular formula is C50H31NO2. The Hall–Kier alpha value is -7.10. The molecule has 9 aromatic carbocycles. The van der Waals surface area contributed by atoms with Crippen LogP contribution < -0.4 is 4.90 Å². The Morgan fingerprint density at radius 2 is 0.717 bits per heavy atom. The summed E-state index contributed by atoms with van der Waals surface area (Å²) in [6.45, 7) is 0. The van der Waals surface area contributed by atoms with Crippen molar-refractivity contribution in [3.63, 3.8) is 0 Å². The molecule has 11 rings (SSSR count). The number of benzene rings is 9. The molecule has 3 heteroatoms. The summed E-state index contributed by atoms with van der Waals surface area (Å²) in [6, 6.07) is 66.8. The van der Waals surface area contributed by atoms with Gasteiger partial charge in [0, 0.05) is 16.5 Å². The van der Waals surface area contributed by atoms with Gasteiger partial charge < -0.3 is 13.7 Å². The SMILES string of the molecule is c1ccc(-c2c(-c3cccc(N(c4cccc5oc6ccccc6c45)c4cccc5oc6ccccc6c45)c3)c3ccccc3c3ccccc23)cc1. The molecule has 0 radical (unpaired) electrons. The molecule has 0 bridgehead atoms. The molecule has 0 aliphatic carbocycles. The highest BCUT2D eigenvalue weighted by Crippen LogP contribution is 2.49. The molecule has 0 atom stereocenters. The second-order valence-electron chi connectivity index (χ2n) is 13.6. The van der Waals surface area contributed by atoms with Gasteiger partial charge in [0.1, 0.15) is 22.3 Å². The van der Waals surface area contributed by atoms with Gasteiger partial charge in [-0.25, -0.2) is 0 Å². The zero-order valence-corrected chi connectivity index (χ0v) is 28.7. The van der Waals surface area contributed by atoms with E-state index in [2.05, 4.69) is 169 Å². The smallest absolute Gasteiger partial charge is 0.137 e. The van der Waals surface area contributed by atoms with Crippen molar-refractivity contribution in [2.24, 2.45) is 0 Å². The zero-order valence-electron chi connectivity index (χ0n) is 28.7. The molecule has 0 N–H and O–H groups in total. The number of para-hydroxylation sites is 2. The second-order valence-corrected chi connectivity index (χ2v) is 13.6. The molecule has 0 aliphatic rings. The molecule has 248 valence electrons. The summed E-state index contributed by atoms with van der Waals surface area (Å²) in [6.07, 6.45) is 0. The van der Waals surface area contributed by atoms with Crippen molar-refractivity contribution in [2.75, 3.05) is 4.90 Å². The Bertz CT molecular complexity index is 3070. The quantitative estimate of drug-likeness (QED) is 0.170. The van der Waals surface area contributed by atoms with Crippen LogP contribution in [-0.2, 0) is 0 Å². The van der Waals surface area contributed by atoms with Gasteiger partial charge in [0.2, 0.25) is 0 Å². The standard InChI is InChI=1S/C50H31NO2/c1-2-15-32(16-3-1)47-37-21-6-4-19-35(37)36-20-5-7-22-38(36)48(47)33-17-12-18-34(31-33)51(41-25-13-29-45-49(41)39-23-8-10-27-43(39)52-45)42-26-14-30-46-50(42)40-24-9-11-28-44(40)53-46/h1-31H. The minimum atomic E-state index is 0.848. The highest BCUT2D eigenvalue weighted by molar-refractivity contribution is 6.22. The van der Waals surface area contributed by atoms with E-state index in [1.807, 2.05) is 24.3 Å². The number of hydrogen-bond acceptors (Lipinski definition) is 3. The van der Waals surface area contributed by atoms with Gasteiger partial charge in [-0.3, -0.25) is 0 Å². The average Bonchev–Trinajstić information content (AvgIpc) is 3.80. The molecule has 2 aromatic heterocycles. The Balaban J connectivity index is 1.25. The van der Waals surface area contributed by atoms with E-state index in [9.17, 15) is 0 Å². The third kappa shape index (κ3) is 4.54. The number of rotatable bonds is 5. The second kappa shape index (κ2) is 11.7. The first-order valence-electron chi connectivity index (χ1n) is 18.0. The van der Waals surface area contributed by atoms with Gasteiger partial charge in [-0.2, -0.15) is 0 Å². The van der Waals surface area contributed by atoms with E-state index in [0.717, 1.165) is 66.5 Å². The normalized spacial score (nSPS) is 11.8. The average molecular weight is 678 g/mol. The van der Waals surface area contributed by atoms with Crippen LogP contribution in [0.5, 0.6) is 0 Å². The molecular weight excluding hydrogens is 647 g/mol. The van der Waals surface area contributed by atoms with Crippen LogP contribution in [0.15, 0.2) is 197 Å². The summed E-state index contributed by atoms with van der Waals surface area (Å²) < 4.78 is 12.9. The number of anilines is 3. The fourth-order valence-electron chi connectivity index (χ4n) is 8.44. The molecule has 0 saturated heterocycles. The minimum Gasteiger partial charge on any atom is -0.456 e. The lowest BCUT2D eigenvalue weighted by atomic mass is 9.85. The van der Waals surface area contributed by atoms with Crippen molar-refractivity contribution in [3.8, 4) is 22.3 Å². The predicted octanol–water partition coefficient (Wildman–Crippen LogP) is 14.6. The molecule has 0 amide bonds. The Labute approximate surface area is 305 Å². The lowest BCUT2D eigenvalue weighted by molar-refractivity contribution is 0.668. The van der Waals surface area contributed by atoms with Crippen LogP contribution in [0, 0.1) is 0 Å². The van der Waals surface area contributed by atoms with Crippen LogP contribution in [0.1, 0.15) is 0 Å². The maximum absolute atomic E-state index is 6.46. The van der Waals surface area contributed by atoms with Crippen LogP contribution >= 0.6 is 0 Å². The Kier molecular flexibility index (Phi) is 6.55. The molecule has 0 spiro atoms. The molecule has 0 fully saturated rings. The van der Waals surface area contributed by atoms with Crippen molar-refractivity contribution in [1.29, 1.82) is 0 Å². The van der Waals surface area contributed by atoms with Gasteiger partial charge >= 0.3 is 0 Å². The molecule has 11 aromatic rings. The van der Waals surface area contributed by atoms with Crippen LogP contribution in [-0.4, -0.2) is 0 Å². The minimum absolute atomic E-state index is 0.848. The fourth-order valence-corrected chi connectivity index (χ4v) is 8.44. The maximum atomic E-state index is 6.46. The van der Waals surface area contributed by atoms with E-state index >= 15 is 0 Å². The Morgan fingerprint density at radius 3 is 1.28 bits per heavy atom. The summed E-state index contributed by atoms with van der Waals surface area (Å²) in [4.78, 5) is 2.39. The van der Waals surface area contributed by atoms with Crippen LogP contribution in [0.3, 0.4) is 0 Å². The third-order valence-corrected chi connectivity index (χ3v) is 10.6. The van der Waals surface area contributed by atoms with Crippen molar-refractivity contribution in [2.45, 2.75) is 0 Å². The van der Waals surface area contributed by atoms with Gasteiger partial charge in [-0.15, -0.1) is 0 Å². The summed E-state index contributed by atoms with van der Waals surface area (Å²) >= 11 is 0. The van der Waals surface area contributed by atoms with E-state index in [0.29, 0.717) is 0 Å². The van der Waals surface area contributed by atoms with Crippen molar-refractivity contribution < 1.29 is 8.83 Å². The fraction of sp³-hybridized carbons (Fsp3) is 0. The first-order chi connectivity index (χ1) is 26.3. The van der Waals surface area contributed by atoms with Gasteiger partial charge in [-0.05, 0) is 92.3 Å². The summed E-state index contributed by atoms with van der Waals surface area (Å²) in [7, 11) is 0. The molecule has 0 aliphatic heterocycles. The topological polar surface area (TPSA) is 29.5 Å². The van der Waals surface area contributed by atoms with Crippen molar-refractivity contribution in [1.82, 2.24) is 0 Å². The molecule has 3 nitrogen and oxygen atoms in total. The number of fused-ring (bicyclic) bond motifs is 9. The van der Waals surface area contributed by atoms with E-state index in [1.165, 1.54) is 38.2 Å². The van der Waals surface area contributed by atoms with Crippen molar-refractivity contribution >= 4 is 82.5 Å². The monoisotopic (exact) mass is 677 g/mol. The summed E-state index contributed by atoms with van der Waals surface area (Å²) in [5.74, 6) is 0. The van der Waals surface area contributed by atoms with Crippen molar-refractivity contribution in [3.05, 3.63) is 188 Å². The molecule has 0 unspecified atom stereocenters. The van der Waals surface area contributed by atoms with Gasteiger partial charge in [-0.1, -0.05) is 140 Å². The van der Waals surface area contributed by atoms with E-state index in [1.54, 1.807) is 0 Å². The lowest BCUT2D eigenvalue weighted by Crippen LogP contribution is -2.11. The highest BCUT2D eigenvalue weighted by Gasteiger charge is 2.24. The van der Waals surface area contributed by atoms with Crippen LogP contribution in [0.25, 0.3) is 87.7 Å². The third-order valence-electron chi connectivity index (χ3n) is 10.6. The highest BCUT2D eigenvalue weighted by atomic mass is 16.3. The lowest BCUT2D eigenvalue weighted by Gasteiger charge is -2.28. The van der Waals surface area contributed by atoms with E-state index in [4.69, 9.17) is 8.83 Å². The summed E-state index contributed by atoms with van der Waals surface area (Å²) in [5.41, 5.74) is 11.3. The first kappa shape index (κ1) is 29.6. The Morgan fingerprint density at radius 1 is 0.302 bits per heavy atom. The summed E-state index contributed by atoms with van der Waals surface area (Å²) in [5, 5.41) is 9.24. The van der Waals surface area contributed by atoms with Gasteiger partial charge in [0.15, 0.2) is 0 Å². The van der Waals surface area contributed by atoms with E-state index in [-0.39, 0.29) is 0 Å². The maximum Gasteiger partial charge on any atom is 0.137 e. The largest absolute Gasteiger partial charge is 0.456 e.